The predicted molar refractivity (Wildman–Crippen MR) is 97.7 cm³/mol. The molecular weight excluding hydrogens is 377 g/mol. The lowest BCUT2D eigenvalue weighted by Gasteiger charge is -2.33. The Bertz CT molecular complexity index is 822. The highest BCUT2D eigenvalue weighted by molar-refractivity contribution is 8.00. The standard InChI is InChI=1S/C18H21F3N4OS/c1-3-24-8-10-25(11-9-24)16(26)12(2)27-15-13-6-4-5-7-14(13)22-17(23-15)18(19,20)21/h4-7,12H,3,8-11H2,1-2H3/p+1/t12-/m0/s1. The lowest BCUT2D eigenvalue weighted by molar-refractivity contribution is -0.902. The number of piperazine rings is 1. The first kappa shape index (κ1) is 19.9. The van der Waals surface area contributed by atoms with Gasteiger partial charge in [-0.3, -0.25) is 4.79 Å². The van der Waals surface area contributed by atoms with Gasteiger partial charge >= 0.3 is 6.18 Å². The summed E-state index contributed by atoms with van der Waals surface area (Å²) in [6, 6.07) is 6.56. The van der Waals surface area contributed by atoms with Gasteiger partial charge in [-0.05, 0) is 19.9 Å². The van der Waals surface area contributed by atoms with Gasteiger partial charge in [0.05, 0.1) is 43.5 Å². The van der Waals surface area contributed by atoms with Crippen LogP contribution in [-0.2, 0) is 11.0 Å². The van der Waals surface area contributed by atoms with Gasteiger partial charge in [-0.25, -0.2) is 9.97 Å². The molecule has 3 rings (SSSR count). The molecule has 2 aromatic rings. The van der Waals surface area contributed by atoms with Crippen LogP contribution in [0, 0.1) is 0 Å². The van der Waals surface area contributed by atoms with E-state index >= 15 is 0 Å². The molecule has 0 saturated carbocycles. The van der Waals surface area contributed by atoms with Gasteiger partial charge in [0.2, 0.25) is 11.7 Å². The summed E-state index contributed by atoms with van der Waals surface area (Å²) < 4.78 is 39.4. The van der Waals surface area contributed by atoms with Gasteiger partial charge in [0, 0.05) is 5.39 Å². The van der Waals surface area contributed by atoms with E-state index in [1.54, 1.807) is 30.0 Å². The summed E-state index contributed by atoms with van der Waals surface area (Å²) in [5, 5.41) is 0.189. The Morgan fingerprint density at radius 2 is 1.93 bits per heavy atom. The molecule has 1 aromatic carbocycles. The maximum absolute atomic E-state index is 13.1. The van der Waals surface area contributed by atoms with Crippen LogP contribution in [0.3, 0.4) is 0 Å². The number of fused-ring (bicyclic) bond motifs is 1. The van der Waals surface area contributed by atoms with E-state index in [2.05, 4.69) is 16.9 Å². The van der Waals surface area contributed by atoms with Crippen molar-refractivity contribution in [3.8, 4) is 0 Å². The number of rotatable bonds is 4. The molecule has 1 aromatic heterocycles. The number of quaternary nitrogens is 1. The highest BCUT2D eigenvalue weighted by Gasteiger charge is 2.36. The topological polar surface area (TPSA) is 50.5 Å². The van der Waals surface area contributed by atoms with Gasteiger partial charge in [-0.2, -0.15) is 13.2 Å². The van der Waals surface area contributed by atoms with Crippen molar-refractivity contribution in [2.24, 2.45) is 0 Å². The van der Waals surface area contributed by atoms with Crippen molar-refractivity contribution in [1.82, 2.24) is 14.9 Å². The van der Waals surface area contributed by atoms with Crippen LogP contribution in [0.1, 0.15) is 19.7 Å². The van der Waals surface area contributed by atoms with Gasteiger partial charge in [0.25, 0.3) is 0 Å². The Morgan fingerprint density at radius 3 is 2.56 bits per heavy atom. The molecule has 0 aliphatic carbocycles. The normalized spacial score (nSPS) is 17.3. The number of halogens is 3. The van der Waals surface area contributed by atoms with Crippen molar-refractivity contribution < 1.29 is 22.9 Å². The van der Waals surface area contributed by atoms with E-state index in [4.69, 9.17) is 0 Å². The third-order valence-electron chi connectivity index (χ3n) is 4.74. The van der Waals surface area contributed by atoms with Crippen molar-refractivity contribution in [1.29, 1.82) is 0 Å². The number of amides is 1. The van der Waals surface area contributed by atoms with Gasteiger partial charge in [-0.1, -0.05) is 30.0 Å². The molecule has 1 saturated heterocycles. The number of benzene rings is 1. The third-order valence-corrected chi connectivity index (χ3v) is 5.83. The molecule has 1 amide bonds. The minimum Gasteiger partial charge on any atom is -0.332 e. The lowest BCUT2D eigenvalue weighted by atomic mass is 10.2. The Balaban J connectivity index is 1.82. The monoisotopic (exact) mass is 399 g/mol. The number of hydrogen-bond acceptors (Lipinski definition) is 4. The number of nitrogens with zero attached hydrogens (tertiary/aromatic N) is 3. The van der Waals surface area contributed by atoms with E-state index in [0.29, 0.717) is 18.5 Å². The van der Waals surface area contributed by atoms with Gasteiger partial charge in [0.1, 0.15) is 5.03 Å². The Labute approximate surface area is 159 Å². The summed E-state index contributed by atoms with van der Waals surface area (Å²) in [5.74, 6) is -1.24. The number of carbonyl (C=O) groups is 1. The molecule has 1 fully saturated rings. The molecule has 1 aliphatic rings. The smallest absolute Gasteiger partial charge is 0.332 e. The van der Waals surface area contributed by atoms with E-state index in [1.165, 1.54) is 11.0 Å². The molecule has 1 aliphatic heterocycles. The number of carbonyl (C=O) groups excluding carboxylic acids is 1. The molecule has 0 bridgehead atoms. The average Bonchev–Trinajstić information content (AvgIpc) is 2.66. The van der Waals surface area contributed by atoms with E-state index < -0.39 is 17.3 Å². The molecular formula is C18H22F3N4OS+. The van der Waals surface area contributed by atoms with Crippen LogP contribution >= 0.6 is 11.8 Å². The van der Waals surface area contributed by atoms with Gasteiger partial charge in [-0.15, -0.1) is 0 Å². The first-order valence-electron chi connectivity index (χ1n) is 8.92. The fourth-order valence-electron chi connectivity index (χ4n) is 3.14. The molecule has 1 N–H and O–H groups in total. The quantitative estimate of drug-likeness (QED) is 0.630. The summed E-state index contributed by atoms with van der Waals surface area (Å²) in [6.07, 6.45) is -4.63. The fourth-order valence-corrected chi connectivity index (χ4v) is 4.16. The third kappa shape index (κ3) is 4.52. The van der Waals surface area contributed by atoms with Crippen molar-refractivity contribution in [2.75, 3.05) is 32.7 Å². The van der Waals surface area contributed by atoms with Crippen LogP contribution in [0.4, 0.5) is 13.2 Å². The fraction of sp³-hybridized carbons (Fsp3) is 0.500. The first-order valence-corrected chi connectivity index (χ1v) is 9.80. The number of hydrogen-bond donors (Lipinski definition) is 1. The molecule has 2 heterocycles. The van der Waals surface area contributed by atoms with E-state index in [9.17, 15) is 18.0 Å². The second-order valence-electron chi connectivity index (χ2n) is 6.56. The average molecular weight is 399 g/mol. The zero-order valence-corrected chi connectivity index (χ0v) is 16.0. The zero-order valence-electron chi connectivity index (χ0n) is 15.2. The van der Waals surface area contributed by atoms with Crippen LogP contribution in [0.5, 0.6) is 0 Å². The van der Waals surface area contributed by atoms with Crippen LogP contribution in [0.2, 0.25) is 0 Å². The molecule has 146 valence electrons. The second kappa shape index (κ2) is 8.02. The summed E-state index contributed by atoms with van der Waals surface area (Å²) in [5.41, 5.74) is 0.224. The largest absolute Gasteiger partial charge is 0.451 e. The number of thioether (sulfide) groups is 1. The van der Waals surface area contributed by atoms with E-state index in [-0.39, 0.29) is 16.4 Å². The van der Waals surface area contributed by atoms with Crippen molar-refractivity contribution in [3.05, 3.63) is 30.1 Å². The summed E-state index contributed by atoms with van der Waals surface area (Å²) in [6.45, 7) is 8.00. The van der Waals surface area contributed by atoms with Gasteiger partial charge in [0.15, 0.2) is 0 Å². The second-order valence-corrected chi connectivity index (χ2v) is 7.89. The van der Waals surface area contributed by atoms with E-state index in [1.807, 2.05) is 0 Å². The maximum Gasteiger partial charge on any atom is 0.451 e. The molecule has 9 heteroatoms. The zero-order chi connectivity index (χ0) is 19.6. The number of aromatic nitrogens is 2. The molecule has 5 nitrogen and oxygen atoms in total. The van der Waals surface area contributed by atoms with Crippen LogP contribution in [0.15, 0.2) is 29.3 Å². The summed E-state index contributed by atoms with van der Waals surface area (Å²) >= 11 is 1.06. The van der Waals surface area contributed by atoms with Gasteiger partial charge < -0.3 is 9.80 Å². The first-order chi connectivity index (χ1) is 12.8. The number of para-hydroxylation sites is 1. The maximum atomic E-state index is 13.1. The molecule has 0 spiro atoms. The van der Waals surface area contributed by atoms with E-state index in [0.717, 1.165) is 31.4 Å². The number of alkyl halides is 3. The lowest BCUT2D eigenvalue weighted by Crippen LogP contribution is -3.14. The Morgan fingerprint density at radius 1 is 1.26 bits per heavy atom. The molecule has 0 radical (unpaired) electrons. The van der Waals surface area contributed by atoms with Crippen molar-refractivity contribution >= 4 is 28.6 Å². The predicted octanol–water partition coefficient (Wildman–Crippen LogP) is 1.88. The Hall–Kier alpha value is -1.87. The summed E-state index contributed by atoms with van der Waals surface area (Å²) in [4.78, 5) is 23.3. The van der Waals surface area contributed by atoms with Crippen LogP contribution in [0.25, 0.3) is 10.9 Å². The SMILES string of the molecule is CC[NH+]1CCN(C(=O)[C@H](C)Sc2nc(C(F)(F)F)nc3ccccc23)CC1. The minimum absolute atomic E-state index is 0.0635. The molecule has 1 atom stereocenters. The minimum atomic E-state index is -4.63. The van der Waals surface area contributed by atoms with Crippen molar-refractivity contribution in [3.63, 3.8) is 0 Å². The highest BCUT2D eigenvalue weighted by Crippen LogP contribution is 2.33. The van der Waals surface area contributed by atoms with Crippen LogP contribution < -0.4 is 4.90 Å². The number of nitrogens with one attached hydrogen (secondary N) is 1. The Kier molecular flexibility index (Phi) is 5.90. The number of likely N-dealkylation sites (N-methyl/N-ethyl adjacent to an activating group) is 1. The molecule has 27 heavy (non-hydrogen) atoms. The summed E-state index contributed by atoms with van der Waals surface area (Å²) in [7, 11) is 0. The highest BCUT2D eigenvalue weighted by atomic mass is 32.2. The van der Waals surface area contributed by atoms with Crippen LogP contribution in [-0.4, -0.2) is 58.7 Å². The molecule has 0 unspecified atom stereocenters. The van der Waals surface area contributed by atoms with Crippen molar-refractivity contribution in [2.45, 2.75) is 30.3 Å².